The Morgan fingerprint density at radius 3 is 2.70 bits per heavy atom. The molecule has 0 bridgehead atoms. The van der Waals surface area contributed by atoms with Crippen molar-refractivity contribution in [1.29, 1.82) is 0 Å². The van der Waals surface area contributed by atoms with E-state index in [1.54, 1.807) is 37.3 Å². The van der Waals surface area contributed by atoms with Gasteiger partial charge in [0.25, 0.3) is 5.91 Å². The Labute approximate surface area is 115 Å². The second-order valence-electron chi connectivity index (χ2n) is 4.20. The number of nitrogens with two attached hydrogens (primary N) is 1. The molecule has 20 heavy (non-hydrogen) atoms. The van der Waals surface area contributed by atoms with Gasteiger partial charge in [-0.25, -0.2) is 0 Å². The van der Waals surface area contributed by atoms with Gasteiger partial charge >= 0.3 is 0 Å². The molecule has 4 N–H and O–H groups in total. The zero-order valence-corrected chi connectivity index (χ0v) is 10.8. The molecule has 0 aliphatic rings. The lowest BCUT2D eigenvalue weighted by molar-refractivity contribution is 0.0914. The number of amides is 1. The number of nitrogens with one attached hydrogen (secondary N) is 1. The van der Waals surface area contributed by atoms with Gasteiger partial charge in [0.2, 0.25) is 5.76 Å². The van der Waals surface area contributed by atoms with E-state index in [1.165, 1.54) is 0 Å². The maximum Gasteiger partial charge on any atom is 0.290 e. The van der Waals surface area contributed by atoms with Crippen molar-refractivity contribution in [2.45, 2.75) is 13.5 Å². The SMILES string of the molecule is Cc1cc(C(=O)NCc2ccc(C(N)=NO)cc2)on1. The molecule has 0 aliphatic heterocycles. The minimum absolute atomic E-state index is 0.0396. The quantitative estimate of drug-likeness (QED) is 0.333. The molecule has 0 unspecified atom stereocenters. The maximum absolute atomic E-state index is 11.7. The molecular weight excluding hydrogens is 260 g/mol. The summed E-state index contributed by atoms with van der Waals surface area (Å²) in [4.78, 5) is 11.7. The molecule has 2 aromatic rings. The van der Waals surface area contributed by atoms with Crippen LogP contribution in [0.4, 0.5) is 0 Å². The Morgan fingerprint density at radius 2 is 2.15 bits per heavy atom. The van der Waals surface area contributed by atoms with Crippen molar-refractivity contribution in [1.82, 2.24) is 10.5 Å². The fraction of sp³-hybridized carbons (Fsp3) is 0.154. The van der Waals surface area contributed by atoms with E-state index in [0.29, 0.717) is 17.8 Å². The lowest BCUT2D eigenvalue weighted by Crippen LogP contribution is -2.22. The molecule has 0 radical (unpaired) electrons. The topological polar surface area (TPSA) is 114 Å². The molecule has 1 aromatic carbocycles. The van der Waals surface area contributed by atoms with Crippen molar-refractivity contribution < 1.29 is 14.5 Å². The fourth-order valence-electron chi connectivity index (χ4n) is 1.59. The lowest BCUT2D eigenvalue weighted by atomic mass is 10.1. The Bertz CT molecular complexity index is 631. The van der Waals surface area contributed by atoms with Gasteiger partial charge in [-0.1, -0.05) is 34.6 Å². The van der Waals surface area contributed by atoms with Crippen LogP contribution in [0.5, 0.6) is 0 Å². The molecule has 0 aliphatic carbocycles. The molecule has 1 aromatic heterocycles. The second-order valence-corrected chi connectivity index (χ2v) is 4.20. The van der Waals surface area contributed by atoms with Gasteiger partial charge in [0.1, 0.15) is 0 Å². The predicted molar refractivity (Wildman–Crippen MR) is 71.4 cm³/mol. The third kappa shape index (κ3) is 3.14. The van der Waals surface area contributed by atoms with Crippen LogP contribution in [0.3, 0.4) is 0 Å². The van der Waals surface area contributed by atoms with E-state index in [4.69, 9.17) is 15.5 Å². The van der Waals surface area contributed by atoms with Crippen LogP contribution in [0, 0.1) is 6.92 Å². The van der Waals surface area contributed by atoms with E-state index < -0.39 is 0 Å². The highest BCUT2D eigenvalue weighted by Crippen LogP contribution is 2.06. The smallest absolute Gasteiger partial charge is 0.290 e. The molecule has 7 nitrogen and oxygen atoms in total. The molecule has 0 atom stereocenters. The third-order valence-electron chi connectivity index (χ3n) is 2.66. The summed E-state index contributed by atoms with van der Waals surface area (Å²) < 4.78 is 4.86. The monoisotopic (exact) mass is 274 g/mol. The molecule has 1 heterocycles. The van der Waals surface area contributed by atoms with Gasteiger partial charge < -0.3 is 20.8 Å². The van der Waals surface area contributed by atoms with Crippen LogP contribution in [0.1, 0.15) is 27.4 Å². The van der Waals surface area contributed by atoms with Crippen molar-refractivity contribution in [2.24, 2.45) is 10.9 Å². The first-order chi connectivity index (χ1) is 9.60. The van der Waals surface area contributed by atoms with Crippen molar-refractivity contribution >= 4 is 11.7 Å². The second kappa shape index (κ2) is 5.87. The van der Waals surface area contributed by atoms with E-state index in [2.05, 4.69) is 15.6 Å². The number of nitrogens with zero attached hydrogens (tertiary/aromatic N) is 2. The van der Waals surface area contributed by atoms with E-state index in [-0.39, 0.29) is 17.5 Å². The van der Waals surface area contributed by atoms with Gasteiger partial charge in [0, 0.05) is 18.2 Å². The molecule has 0 saturated heterocycles. The highest BCUT2D eigenvalue weighted by atomic mass is 16.5. The Morgan fingerprint density at radius 1 is 1.45 bits per heavy atom. The molecule has 0 saturated carbocycles. The van der Waals surface area contributed by atoms with Crippen LogP contribution < -0.4 is 11.1 Å². The molecule has 104 valence electrons. The molecule has 7 heteroatoms. The summed E-state index contributed by atoms with van der Waals surface area (Å²) in [6.07, 6.45) is 0. The van der Waals surface area contributed by atoms with Crippen LogP contribution in [0.25, 0.3) is 0 Å². The lowest BCUT2D eigenvalue weighted by Gasteiger charge is -2.04. The Hall–Kier alpha value is -2.83. The summed E-state index contributed by atoms with van der Waals surface area (Å²) in [5, 5.41) is 17.8. The van der Waals surface area contributed by atoms with Crippen molar-refractivity contribution in [3.63, 3.8) is 0 Å². The fourth-order valence-corrected chi connectivity index (χ4v) is 1.59. The number of carbonyl (C=O) groups excluding carboxylic acids is 1. The minimum atomic E-state index is -0.328. The van der Waals surface area contributed by atoms with Crippen LogP contribution in [-0.2, 0) is 6.54 Å². The van der Waals surface area contributed by atoms with Crippen LogP contribution in [-0.4, -0.2) is 22.1 Å². The normalized spacial score (nSPS) is 11.3. The van der Waals surface area contributed by atoms with Crippen LogP contribution >= 0.6 is 0 Å². The molecule has 2 rings (SSSR count). The third-order valence-corrected chi connectivity index (χ3v) is 2.66. The van der Waals surface area contributed by atoms with Crippen molar-refractivity contribution in [3.8, 4) is 0 Å². The number of hydrogen-bond acceptors (Lipinski definition) is 5. The highest BCUT2D eigenvalue weighted by Gasteiger charge is 2.10. The zero-order valence-electron chi connectivity index (χ0n) is 10.8. The van der Waals surface area contributed by atoms with E-state index in [9.17, 15) is 4.79 Å². The number of rotatable bonds is 4. The summed E-state index contributed by atoms with van der Waals surface area (Å²) in [5.41, 5.74) is 7.59. The Kier molecular flexibility index (Phi) is 3.99. The van der Waals surface area contributed by atoms with E-state index >= 15 is 0 Å². The van der Waals surface area contributed by atoms with E-state index in [1.807, 2.05) is 0 Å². The minimum Gasteiger partial charge on any atom is -0.409 e. The van der Waals surface area contributed by atoms with Gasteiger partial charge in [-0.3, -0.25) is 4.79 Å². The number of carbonyl (C=O) groups is 1. The van der Waals surface area contributed by atoms with Crippen LogP contribution in [0.15, 0.2) is 40.0 Å². The largest absolute Gasteiger partial charge is 0.409 e. The van der Waals surface area contributed by atoms with Crippen molar-refractivity contribution in [2.75, 3.05) is 0 Å². The van der Waals surface area contributed by atoms with Crippen molar-refractivity contribution in [3.05, 3.63) is 52.9 Å². The standard InChI is InChI=1S/C13H14N4O3/c1-8-6-11(20-17-8)13(18)15-7-9-2-4-10(5-3-9)12(14)16-19/h2-6,19H,7H2,1H3,(H2,14,16)(H,15,18). The maximum atomic E-state index is 11.7. The molecular formula is C13H14N4O3. The van der Waals surface area contributed by atoms with Gasteiger partial charge in [-0.15, -0.1) is 0 Å². The van der Waals surface area contributed by atoms with Gasteiger partial charge in [0.15, 0.2) is 5.84 Å². The number of amidine groups is 1. The molecule has 0 spiro atoms. The summed E-state index contributed by atoms with van der Waals surface area (Å²) in [6, 6.07) is 8.53. The molecule has 1 amide bonds. The zero-order chi connectivity index (χ0) is 14.5. The van der Waals surface area contributed by atoms with Gasteiger partial charge in [-0.05, 0) is 12.5 Å². The first-order valence-corrected chi connectivity index (χ1v) is 5.88. The first-order valence-electron chi connectivity index (χ1n) is 5.88. The summed E-state index contributed by atoms with van der Waals surface area (Å²) >= 11 is 0. The van der Waals surface area contributed by atoms with Crippen LogP contribution in [0.2, 0.25) is 0 Å². The van der Waals surface area contributed by atoms with Gasteiger partial charge in [0.05, 0.1) is 5.69 Å². The Balaban J connectivity index is 1.96. The predicted octanol–water partition coefficient (Wildman–Crippen LogP) is 1.01. The summed E-state index contributed by atoms with van der Waals surface area (Å²) in [7, 11) is 0. The highest BCUT2D eigenvalue weighted by molar-refractivity contribution is 5.97. The number of aryl methyl sites for hydroxylation is 1. The average Bonchev–Trinajstić information content (AvgIpc) is 2.91. The summed E-state index contributed by atoms with van der Waals surface area (Å²) in [6.45, 7) is 2.08. The summed E-state index contributed by atoms with van der Waals surface area (Å²) in [5.74, 6) is -0.111. The average molecular weight is 274 g/mol. The number of benzene rings is 1. The number of hydrogen-bond donors (Lipinski definition) is 3. The van der Waals surface area contributed by atoms with E-state index in [0.717, 1.165) is 5.56 Å². The first kappa shape index (κ1) is 13.6. The van der Waals surface area contributed by atoms with Gasteiger partial charge in [-0.2, -0.15) is 0 Å². The molecule has 0 fully saturated rings. The number of aromatic nitrogens is 1. The number of oxime groups is 1.